The van der Waals surface area contributed by atoms with Gasteiger partial charge in [0.1, 0.15) is 6.10 Å². The van der Waals surface area contributed by atoms with Crippen molar-refractivity contribution in [3.63, 3.8) is 0 Å². The van der Waals surface area contributed by atoms with Gasteiger partial charge in [-0.1, -0.05) is 0 Å². The number of carbonyl (C=O) groups excluding carboxylic acids is 3. The third-order valence-corrected chi connectivity index (χ3v) is 11.2. The molecule has 3 amide bonds. The third kappa shape index (κ3) is 7.79. The number of alkyl carbamates (subject to hydrolysis) is 1. The number of fused-ring (bicyclic) bond motifs is 2. The van der Waals surface area contributed by atoms with Crippen molar-refractivity contribution in [2.45, 2.75) is 82.7 Å². The number of halogens is 1. The van der Waals surface area contributed by atoms with Gasteiger partial charge >= 0.3 is 267 Å². The van der Waals surface area contributed by atoms with Crippen LogP contribution in [0.4, 0.5) is 4.79 Å². The average Bonchev–Trinajstić information content (AvgIpc) is 3.88. The fourth-order valence-corrected chi connectivity index (χ4v) is 8.05. The third-order valence-electron chi connectivity index (χ3n) is 10.4. The number of aromatic nitrogens is 1. The molecule has 2 unspecified atom stereocenters. The zero-order valence-corrected chi connectivity index (χ0v) is 31.6. The van der Waals surface area contributed by atoms with Crippen LogP contribution in [0.15, 0.2) is 30.9 Å². The molecule has 2 aromatic rings. The van der Waals surface area contributed by atoms with Crippen molar-refractivity contribution in [2.75, 3.05) is 26.9 Å². The van der Waals surface area contributed by atoms with E-state index in [9.17, 15) is 24.3 Å². The van der Waals surface area contributed by atoms with Gasteiger partial charge in [-0.3, -0.25) is 0 Å². The summed E-state index contributed by atoms with van der Waals surface area (Å²) in [5.74, 6) is -0.716. The van der Waals surface area contributed by atoms with Crippen LogP contribution in [0.3, 0.4) is 0 Å². The predicted molar refractivity (Wildman–Crippen MR) is 188 cm³/mol. The zero-order chi connectivity index (χ0) is 36.8. The van der Waals surface area contributed by atoms with Crippen molar-refractivity contribution in [3.05, 3.63) is 35.9 Å². The molecule has 3 aliphatic carbocycles. The standard InChI is InChI=1S/C36H44ClN4O9Se/c1-6-20-16-36(20,33(44)45)40-31(42)24-14-22(49-26-15-27(51)38-29-23(26)7-8-25(28(29)37)48-10-9-47-5)17-41(24)32(43)30(35(2,3)4)39-34(46)50-21-12-18-11-19(18)13-21/h6-8,15,18-22,24,30H,1,9-14,16-17H2,2-5H3,(H,39,46)(H,40,42)(H,44,45)/t18-,19+,20-,21?,22?,24+,30-,36-/m1/s1. The van der Waals surface area contributed by atoms with Gasteiger partial charge in [-0.25, -0.2) is 0 Å². The number of amides is 3. The van der Waals surface area contributed by atoms with Crippen molar-refractivity contribution in [1.29, 1.82) is 0 Å². The van der Waals surface area contributed by atoms with Crippen LogP contribution in [0.1, 0.15) is 52.9 Å². The fraction of sp³-hybridized carbons (Fsp3) is 0.583. The molecule has 6 rings (SSSR count). The Morgan fingerprint density at radius 3 is 2.49 bits per heavy atom. The predicted octanol–water partition coefficient (Wildman–Crippen LogP) is 3.14. The molecular weight excluding hydrogens is 747 g/mol. The van der Waals surface area contributed by atoms with E-state index in [1.807, 2.05) is 20.8 Å². The fourth-order valence-electron chi connectivity index (χ4n) is 7.38. The van der Waals surface area contributed by atoms with Crippen LogP contribution in [-0.4, -0.2) is 112 Å². The Morgan fingerprint density at radius 1 is 1.14 bits per heavy atom. The van der Waals surface area contributed by atoms with Crippen molar-refractivity contribution in [3.8, 4) is 11.5 Å². The SMILES string of the molecule is C=C[C@@H]1C[C@]1(NC(=O)[C@@H]1CC(Oc2cc([Se])nc3c(Cl)c(OCCOC)ccc23)CN1C(=O)[C@@H](NC(=O)OC1C[C@@H]2C[C@@H]2C1)C(C)(C)C)C(=O)O. The first kappa shape index (κ1) is 37.2. The van der Waals surface area contributed by atoms with Crippen molar-refractivity contribution in [1.82, 2.24) is 20.5 Å². The number of likely N-dealkylation sites (tertiary alicyclic amines) is 1. The molecule has 0 bridgehead atoms. The van der Waals surface area contributed by atoms with Crippen LogP contribution in [-0.2, 0) is 23.9 Å². The molecule has 0 spiro atoms. The van der Waals surface area contributed by atoms with Crippen LogP contribution in [0.2, 0.25) is 5.02 Å². The molecule has 1 aromatic carbocycles. The van der Waals surface area contributed by atoms with Gasteiger partial charge in [0.05, 0.1) is 0 Å². The number of aliphatic carboxylic acids is 1. The molecule has 13 nitrogen and oxygen atoms in total. The van der Waals surface area contributed by atoms with Crippen molar-refractivity contribution in [2.24, 2.45) is 23.2 Å². The number of rotatable bonds is 13. The summed E-state index contributed by atoms with van der Waals surface area (Å²) in [6, 6.07) is 3.02. The summed E-state index contributed by atoms with van der Waals surface area (Å²) < 4.78 is 23.5. The molecule has 4 aliphatic rings. The number of benzene rings is 1. The van der Waals surface area contributed by atoms with Crippen LogP contribution in [0, 0.1) is 23.2 Å². The number of pyridine rings is 1. The molecule has 1 aromatic heterocycles. The molecular formula is C36H44ClN4O9Se. The molecule has 1 radical (unpaired) electrons. The number of ether oxygens (including phenoxy) is 4. The maximum atomic E-state index is 14.5. The van der Waals surface area contributed by atoms with Crippen LogP contribution in [0.5, 0.6) is 11.5 Å². The number of carboxylic acid groups (broad SMARTS) is 1. The van der Waals surface area contributed by atoms with E-state index >= 15 is 0 Å². The summed E-state index contributed by atoms with van der Waals surface area (Å²) in [6.07, 6.45) is 3.00. The Labute approximate surface area is 309 Å². The van der Waals surface area contributed by atoms with Gasteiger partial charge in [0.25, 0.3) is 0 Å². The minimum atomic E-state index is -1.51. The molecule has 4 fully saturated rings. The first-order valence-electron chi connectivity index (χ1n) is 17.2. The summed E-state index contributed by atoms with van der Waals surface area (Å²) in [4.78, 5) is 59.8. The topological polar surface area (TPSA) is 166 Å². The summed E-state index contributed by atoms with van der Waals surface area (Å²) in [5, 5.41) is 16.4. The molecule has 3 saturated carbocycles. The summed E-state index contributed by atoms with van der Waals surface area (Å²) in [5.41, 5.74) is -1.84. The van der Waals surface area contributed by atoms with Gasteiger partial charge in [-0.2, -0.15) is 0 Å². The quantitative estimate of drug-likeness (QED) is 0.156. The summed E-state index contributed by atoms with van der Waals surface area (Å²) >= 11 is 9.60. The Bertz CT molecular complexity index is 1730. The van der Waals surface area contributed by atoms with E-state index in [-0.39, 0.29) is 30.5 Å². The van der Waals surface area contributed by atoms with Gasteiger partial charge in [-0.15, -0.1) is 6.58 Å². The first-order chi connectivity index (χ1) is 24.1. The van der Waals surface area contributed by atoms with Crippen LogP contribution in [0.25, 0.3) is 10.9 Å². The average molecular weight is 791 g/mol. The monoisotopic (exact) mass is 791 g/mol. The molecule has 1 saturated heterocycles. The Kier molecular flexibility index (Phi) is 10.5. The van der Waals surface area contributed by atoms with E-state index in [4.69, 9.17) is 30.5 Å². The van der Waals surface area contributed by atoms with E-state index < -0.39 is 58.9 Å². The molecule has 8 atom stereocenters. The minimum absolute atomic E-state index is 0.0182. The number of hydrogen-bond acceptors (Lipinski definition) is 9. The maximum absolute atomic E-state index is 14.5. The normalized spacial score (nSPS) is 28.4. The van der Waals surface area contributed by atoms with Gasteiger partial charge < -0.3 is 0 Å². The number of nitrogens with zero attached hydrogens (tertiary/aromatic N) is 2. The molecule has 2 heterocycles. The number of carboxylic acids is 1. The molecule has 275 valence electrons. The Hall–Kier alpha value is -3.58. The number of methoxy groups -OCH3 is 1. The Morgan fingerprint density at radius 2 is 1.86 bits per heavy atom. The first-order valence-corrected chi connectivity index (χ1v) is 18.4. The molecule has 1 aliphatic heterocycles. The molecule has 51 heavy (non-hydrogen) atoms. The van der Waals surface area contributed by atoms with E-state index in [0.29, 0.717) is 52.0 Å². The van der Waals surface area contributed by atoms with E-state index in [1.54, 1.807) is 25.3 Å². The number of carbonyl (C=O) groups is 4. The number of nitrogens with one attached hydrogen (secondary N) is 2. The van der Waals surface area contributed by atoms with E-state index in [2.05, 4.69) is 38.2 Å². The van der Waals surface area contributed by atoms with Gasteiger partial charge in [0.15, 0.2) is 0 Å². The zero-order valence-electron chi connectivity index (χ0n) is 29.1. The summed E-state index contributed by atoms with van der Waals surface area (Å²) in [6.45, 7) is 9.81. The van der Waals surface area contributed by atoms with Crippen molar-refractivity contribution >= 4 is 67.0 Å². The van der Waals surface area contributed by atoms with Crippen LogP contribution >= 0.6 is 11.6 Å². The van der Waals surface area contributed by atoms with Crippen molar-refractivity contribution < 1.29 is 43.2 Å². The van der Waals surface area contributed by atoms with Gasteiger partial charge in [-0.05, 0) is 31.1 Å². The van der Waals surface area contributed by atoms with E-state index in [1.165, 1.54) is 17.4 Å². The number of hydrogen-bond donors (Lipinski definition) is 3. The molecule has 15 heteroatoms. The second kappa shape index (κ2) is 14.4. The van der Waals surface area contributed by atoms with Crippen LogP contribution < -0.4 is 24.7 Å². The van der Waals surface area contributed by atoms with Gasteiger partial charge in [0.2, 0.25) is 0 Å². The van der Waals surface area contributed by atoms with Gasteiger partial charge in [0, 0.05) is 0 Å². The second-order valence-corrected chi connectivity index (χ2v) is 16.3. The second-order valence-electron chi connectivity index (χ2n) is 15.1. The van der Waals surface area contributed by atoms with E-state index in [0.717, 1.165) is 12.8 Å². The molecule has 3 N–H and O–H groups in total. The summed E-state index contributed by atoms with van der Waals surface area (Å²) in [7, 11) is 1.57. The Balaban J connectivity index is 1.26.